The lowest BCUT2D eigenvalue weighted by molar-refractivity contribution is 0.282. The van der Waals surface area contributed by atoms with Crippen molar-refractivity contribution in [2.45, 2.75) is 25.3 Å². The molecule has 1 atom stereocenters. The van der Waals surface area contributed by atoms with Gasteiger partial charge in [0.25, 0.3) is 0 Å². The average Bonchev–Trinajstić information content (AvgIpc) is 1.99. The third-order valence-corrected chi connectivity index (χ3v) is 1.35. The summed E-state index contributed by atoms with van der Waals surface area (Å²) in [5, 5.41) is 19.9. The molecule has 0 aliphatic rings. The van der Waals surface area contributed by atoms with Crippen molar-refractivity contribution in [2.75, 3.05) is 13.2 Å². The molecule has 0 aliphatic carbocycles. The van der Waals surface area contributed by atoms with Crippen molar-refractivity contribution in [3.05, 3.63) is 6.92 Å². The molecule has 3 nitrogen and oxygen atoms in total. The maximum absolute atomic E-state index is 8.53. The maximum Gasteiger partial charge on any atom is 0.104 e. The van der Waals surface area contributed by atoms with Gasteiger partial charge in [0.05, 0.1) is 6.07 Å². The largest absolute Gasteiger partial charge is 0.396 e. The zero-order valence-corrected chi connectivity index (χ0v) is 6.93. The molecule has 0 saturated carbocycles. The first-order valence-corrected chi connectivity index (χ1v) is 3.75. The summed E-state index contributed by atoms with van der Waals surface area (Å²) in [6.07, 6.45) is 1.65. The van der Waals surface area contributed by atoms with E-state index >= 15 is 0 Å². The summed E-state index contributed by atoms with van der Waals surface area (Å²) in [7, 11) is 0. The van der Waals surface area contributed by atoms with Gasteiger partial charge in [-0.1, -0.05) is 0 Å². The van der Waals surface area contributed by atoms with Gasteiger partial charge in [-0.05, 0) is 33.2 Å². The SMILES string of the molecule is [CH2]C(C)(C#N)NCCCCO. The van der Waals surface area contributed by atoms with Gasteiger partial charge in [0.1, 0.15) is 5.54 Å². The van der Waals surface area contributed by atoms with Crippen molar-refractivity contribution >= 4 is 0 Å². The highest BCUT2D eigenvalue weighted by Crippen LogP contribution is 1.98. The summed E-state index contributed by atoms with van der Waals surface area (Å²) in [5.74, 6) is 0. The molecule has 0 amide bonds. The van der Waals surface area contributed by atoms with E-state index in [1.165, 1.54) is 0 Å². The highest BCUT2D eigenvalue weighted by Gasteiger charge is 2.13. The van der Waals surface area contributed by atoms with E-state index in [0.29, 0.717) is 0 Å². The van der Waals surface area contributed by atoms with Gasteiger partial charge < -0.3 is 5.11 Å². The van der Waals surface area contributed by atoms with Gasteiger partial charge in [-0.25, -0.2) is 0 Å². The van der Waals surface area contributed by atoms with Gasteiger partial charge in [-0.2, -0.15) is 5.26 Å². The molecule has 0 aliphatic heterocycles. The lowest BCUT2D eigenvalue weighted by atomic mass is 10.1. The summed E-state index contributed by atoms with van der Waals surface area (Å²) in [5.41, 5.74) is -0.685. The first-order valence-electron chi connectivity index (χ1n) is 3.75. The Hall–Kier alpha value is -0.590. The number of rotatable bonds is 5. The lowest BCUT2D eigenvalue weighted by Gasteiger charge is -2.16. The molecular formula is C8H15N2O. The molecule has 63 valence electrons. The summed E-state index contributed by atoms with van der Waals surface area (Å²) in [6, 6.07) is 2.03. The van der Waals surface area contributed by atoms with Gasteiger partial charge in [0.2, 0.25) is 0 Å². The molecule has 1 unspecified atom stereocenters. The average molecular weight is 155 g/mol. The van der Waals surface area contributed by atoms with Crippen molar-refractivity contribution < 1.29 is 5.11 Å². The molecule has 0 fully saturated rings. The van der Waals surface area contributed by atoms with Crippen molar-refractivity contribution in [1.82, 2.24) is 5.32 Å². The second-order valence-electron chi connectivity index (χ2n) is 2.80. The maximum atomic E-state index is 8.53. The molecule has 3 heteroatoms. The van der Waals surface area contributed by atoms with E-state index in [2.05, 4.69) is 12.2 Å². The minimum Gasteiger partial charge on any atom is -0.396 e. The second kappa shape index (κ2) is 5.11. The van der Waals surface area contributed by atoms with Gasteiger partial charge in [-0.15, -0.1) is 0 Å². The number of hydrogen-bond donors (Lipinski definition) is 2. The monoisotopic (exact) mass is 155 g/mol. The first kappa shape index (κ1) is 10.4. The fourth-order valence-corrected chi connectivity index (χ4v) is 0.641. The molecule has 0 spiro atoms. The fraction of sp³-hybridized carbons (Fsp3) is 0.750. The molecule has 0 heterocycles. The molecule has 0 rings (SSSR count). The van der Waals surface area contributed by atoms with E-state index in [9.17, 15) is 0 Å². The summed E-state index contributed by atoms with van der Waals surface area (Å²) in [6.45, 7) is 6.32. The topological polar surface area (TPSA) is 56.0 Å². The van der Waals surface area contributed by atoms with Crippen molar-refractivity contribution in [3.8, 4) is 6.07 Å². The number of nitriles is 1. The van der Waals surface area contributed by atoms with Gasteiger partial charge in [0.15, 0.2) is 0 Å². The van der Waals surface area contributed by atoms with E-state index in [-0.39, 0.29) is 6.61 Å². The van der Waals surface area contributed by atoms with Crippen LogP contribution in [0.3, 0.4) is 0 Å². The third kappa shape index (κ3) is 5.84. The van der Waals surface area contributed by atoms with Crippen LogP contribution < -0.4 is 5.32 Å². The third-order valence-electron chi connectivity index (χ3n) is 1.35. The Morgan fingerprint density at radius 1 is 1.64 bits per heavy atom. The van der Waals surface area contributed by atoms with Crippen LogP contribution in [0.25, 0.3) is 0 Å². The Morgan fingerprint density at radius 3 is 2.73 bits per heavy atom. The van der Waals surface area contributed by atoms with Crippen LogP contribution >= 0.6 is 0 Å². The number of aliphatic hydroxyl groups excluding tert-OH is 1. The minimum atomic E-state index is -0.685. The molecule has 0 aromatic heterocycles. The molecule has 0 aromatic rings. The standard InChI is InChI=1S/C8H15N2O/c1-8(2,7-9)10-5-3-4-6-11/h10-11H,1,3-6H2,2H3. The molecule has 0 bridgehead atoms. The first-order chi connectivity index (χ1) is 5.12. The van der Waals surface area contributed by atoms with Crippen molar-refractivity contribution in [3.63, 3.8) is 0 Å². The molecule has 2 N–H and O–H groups in total. The van der Waals surface area contributed by atoms with E-state index < -0.39 is 5.54 Å². The second-order valence-corrected chi connectivity index (χ2v) is 2.80. The quantitative estimate of drug-likeness (QED) is 0.567. The molecular weight excluding hydrogens is 140 g/mol. The molecule has 0 aromatic carbocycles. The van der Waals surface area contributed by atoms with Crippen molar-refractivity contribution in [1.29, 1.82) is 5.26 Å². The summed E-state index contributed by atoms with van der Waals surface area (Å²) >= 11 is 0. The summed E-state index contributed by atoms with van der Waals surface area (Å²) < 4.78 is 0. The number of unbranched alkanes of at least 4 members (excludes halogenated alkanes) is 1. The smallest absolute Gasteiger partial charge is 0.104 e. The highest BCUT2D eigenvalue weighted by atomic mass is 16.2. The summed E-state index contributed by atoms with van der Waals surface area (Å²) in [4.78, 5) is 0. The van der Waals surface area contributed by atoms with Crippen molar-refractivity contribution in [2.24, 2.45) is 0 Å². The Bertz CT molecular complexity index is 138. The Kier molecular flexibility index (Phi) is 4.84. The fourth-order valence-electron chi connectivity index (χ4n) is 0.641. The Morgan fingerprint density at radius 2 is 2.27 bits per heavy atom. The van der Waals surface area contributed by atoms with Crippen LogP contribution in [0.5, 0.6) is 0 Å². The van der Waals surface area contributed by atoms with Crippen LogP contribution in [0.15, 0.2) is 0 Å². The van der Waals surface area contributed by atoms with Crippen LogP contribution in [-0.4, -0.2) is 23.8 Å². The molecule has 1 radical (unpaired) electrons. The number of aliphatic hydroxyl groups is 1. The molecule has 11 heavy (non-hydrogen) atoms. The minimum absolute atomic E-state index is 0.210. The number of hydrogen-bond acceptors (Lipinski definition) is 3. The lowest BCUT2D eigenvalue weighted by Crippen LogP contribution is -2.38. The van der Waals surface area contributed by atoms with E-state index in [0.717, 1.165) is 19.4 Å². The molecule has 0 saturated heterocycles. The Balaban J connectivity index is 3.32. The van der Waals surface area contributed by atoms with Crippen LogP contribution in [0.2, 0.25) is 0 Å². The van der Waals surface area contributed by atoms with Gasteiger partial charge >= 0.3 is 0 Å². The van der Waals surface area contributed by atoms with Crippen LogP contribution in [-0.2, 0) is 0 Å². The normalized spacial score (nSPS) is 11.1. The predicted molar refractivity (Wildman–Crippen MR) is 43.7 cm³/mol. The highest BCUT2D eigenvalue weighted by molar-refractivity contribution is 5.05. The van der Waals surface area contributed by atoms with Crippen LogP contribution in [0.4, 0.5) is 0 Å². The van der Waals surface area contributed by atoms with E-state index in [4.69, 9.17) is 10.4 Å². The predicted octanol–water partition coefficient (Wildman–Crippen LogP) is 0.465. The van der Waals surface area contributed by atoms with Crippen LogP contribution in [0.1, 0.15) is 19.8 Å². The Labute approximate surface area is 68.0 Å². The van der Waals surface area contributed by atoms with E-state index in [1.54, 1.807) is 6.92 Å². The van der Waals surface area contributed by atoms with Gasteiger partial charge in [0, 0.05) is 6.61 Å². The van der Waals surface area contributed by atoms with Crippen LogP contribution in [0, 0.1) is 18.3 Å². The number of nitrogens with one attached hydrogen (secondary N) is 1. The zero-order chi connectivity index (χ0) is 8.74. The van der Waals surface area contributed by atoms with Gasteiger partial charge in [-0.3, -0.25) is 5.32 Å². The number of nitrogens with zero attached hydrogens (tertiary/aromatic N) is 1. The zero-order valence-electron chi connectivity index (χ0n) is 6.93. The van der Waals surface area contributed by atoms with E-state index in [1.807, 2.05) is 6.07 Å².